The monoisotopic (exact) mass is 494 g/mol. The molecule has 36 heavy (non-hydrogen) atoms. The molecule has 3 rings (SSSR count). The van der Waals surface area contributed by atoms with E-state index in [1.54, 1.807) is 24.3 Å². The van der Waals surface area contributed by atoms with Crippen molar-refractivity contribution in [1.82, 2.24) is 4.90 Å². The predicted molar refractivity (Wildman–Crippen MR) is 137 cm³/mol. The average molecular weight is 495 g/mol. The standard InChI is InChI=1S/C28H34N2O6/c1-20(15-21-7-13-26(14-8-21)36-19-28(29)34)30(17-27(33)22-9-11-23(31)12-10-22)16-24(32)18-35-25-5-3-2-4-6-25/h2-14,20,24,27,31-33H,15-19H2,1H3,(H2,29,34). The van der Waals surface area contributed by atoms with Gasteiger partial charge in [0.05, 0.1) is 6.10 Å². The lowest BCUT2D eigenvalue weighted by Crippen LogP contribution is -2.44. The number of primary amides is 1. The molecule has 0 aliphatic rings. The Kier molecular flexibility index (Phi) is 10.1. The summed E-state index contributed by atoms with van der Waals surface area (Å²) in [4.78, 5) is 12.9. The summed E-state index contributed by atoms with van der Waals surface area (Å²) in [5.41, 5.74) is 6.83. The van der Waals surface area contributed by atoms with E-state index < -0.39 is 18.1 Å². The van der Waals surface area contributed by atoms with Crippen LogP contribution < -0.4 is 15.2 Å². The van der Waals surface area contributed by atoms with Crippen molar-refractivity contribution in [1.29, 1.82) is 0 Å². The second-order valence-electron chi connectivity index (χ2n) is 8.79. The zero-order chi connectivity index (χ0) is 25.9. The average Bonchev–Trinajstić information content (AvgIpc) is 2.87. The van der Waals surface area contributed by atoms with Crippen molar-refractivity contribution in [3.63, 3.8) is 0 Å². The van der Waals surface area contributed by atoms with Crippen LogP contribution in [-0.2, 0) is 11.2 Å². The summed E-state index contributed by atoms with van der Waals surface area (Å²) >= 11 is 0. The van der Waals surface area contributed by atoms with Crippen molar-refractivity contribution in [3.05, 3.63) is 90.0 Å². The van der Waals surface area contributed by atoms with Gasteiger partial charge in [-0.25, -0.2) is 0 Å². The van der Waals surface area contributed by atoms with Gasteiger partial charge in [0.25, 0.3) is 5.91 Å². The van der Waals surface area contributed by atoms with Crippen LogP contribution in [-0.4, -0.2) is 64.6 Å². The number of nitrogens with two attached hydrogens (primary N) is 1. The Morgan fingerprint density at radius 2 is 1.53 bits per heavy atom. The summed E-state index contributed by atoms with van der Waals surface area (Å²) < 4.78 is 11.0. The van der Waals surface area contributed by atoms with Crippen LogP contribution in [0.2, 0.25) is 0 Å². The normalized spacial score (nSPS) is 13.7. The Morgan fingerprint density at radius 3 is 2.17 bits per heavy atom. The van der Waals surface area contributed by atoms with Crippen molar-refractivity contribution in [2.24, 2.45) is 5.73 Å². The Bertz CT molecular complexity index is 1060. The molecule has 1 amide bonds. The number of rotatable bonds is 14. The molecule has 3 atom stereocenters. The maximum atomic E-state index is 10.9. The highest BCUT2D eigenvalue weighted by atomic mass is 16.5. The molecule has 0 aliphatic heterocycles. The third-order valence-electron chi connectivity index (χ3n) is 5.78. The number of nitrogens with zero attached hydrogens (tertiary/aromatic N) is 1. The van der Waals surface area contributed by atoms with Crippen molar-refractivity contribution in [2.45, 2.75) is 31.6 Å². The van der Waals surface area contributed by atoms with Gasteiger partial charge in [0.15, 0.2) is 6.61 Å². The van der Waals surface area contributed by atoms with E-state index in [1.807, 2.05) is 54.3 Å². The van der Waals surface area contributed by atoms with E-state index in [2.05, 4.69) is 0 Å². The fourth-order valence-corrected chi connectivity index (χ4v) is 3.84. The first-order valence-corrected chi connectivity index (χ1v) is 11.9. The Balaban J connectivity index is 1.65. The first-order valence-electron chi connectivity index (χ1n) is 11.9. The highest BCUT2D eigenvalue weighted by molar-refractivity contribution is 5.75. The SMILES string of the molecule is CC(Cc1ccc(OCC(N)=O)cc1)N(CC(O)COc1ccccc1)CC(O)c1ccc(O)cc1. The van der Waals surface area contributed by atoms with Crippen molar-refractivity contribution in [3.8, 4) is 17.2 Å². The highest BCUT2D eigenvalue weighted by Gasteiger charge is 2.22. The molecule has 5 N–H and O–H groups in total. The van der Waals surface area contributed by atoms with Crippen LogP contribution in [0.5, 0.6) is 17.2 Å². The fraction of sp³-hybridized carbons (Fsp3) is 0.321. The molecule has 0 spiro atoms. The van der Waals surface area contributed by atoms with E-state index in [4.69, 9.17) is 15.2 Å². The first-order chi connectivity index (χ1) is 17.3. The maximum Gasteiger partial charge on any atom is 0.255 e. The lowest BCUT2D eigenvalue weighted by molar-refractivity contribution is -0.119. The molecule has 0 saturated heterocycles. The smallest absolute Gasteiger partial charge is 0.255 e. The molecular formula is C28H34N2O6. The van der Waals surface area contributed by atoms with Crippen molar-refractivity contribution in [2.75, 3.05) is 26.3 Å². The van der Waals surface area contributed by atoms with E-state index in [0.29, 0.717) is 30.0 Å². The lowest BCUT2D eigenvalue weighted by Gasteiger charge is -2.33. The minimum absolute atomic E-state index is 0.0273. The van der Waals surface area contributed by atoms with Crippen LogP contribution >= 0.6 is 0 Å². The third kappa shape index (κ3) is 8.88. The zero-order valence-corrected chi connectivity index (χ0v) is 20.4. The van der Waals surface area contributed by atoms with E-state index in [0.717, 1.165) is 5.56 Å². The summed E-state index contributed by atoms with van der Waals surface area (Å²) in [6.07, 6.45) is -0.922. The molecule has 3 aromatic rings. The molecule has 0 radical (unpaired) electrons. The topological polar surface area (TPSA) is 125 Å². The molecule has 3 unspecified atom stereocenters. The van der Waals surface area contributed by atoms with Gasteiger partial charge in [0.1, 0.15) is 30.0 Å². The first kappa shape index (κ1) is 27.0. The summed E-state index contributed by atoms with van der Waals surface area (Å²) in [6, 6.07) is 23.1. The molecule has 0 heterocycles. The number of phenolic OH excluding ortho intramolecular Hbond substituents is 1. The molecule has 3 aromatic carbocycles. The van der Waals surface area contributed by atoms with Gasteiger partial charge >= 0.3 is 0 Å². The highest BCUT2D eigenvalue weighted by Crippen LogP contribution is 2.21. The number of ether oxygens (including phenoxy) is 2. The van der Waals surface area contributed by atoms with Gasteiger partial charge in [-0.3, -0.25) is 9.69 Å². The molecule has 192 valence electrons. The van der Waals surface area contributed by atoms with Gasteiger partial charge in [-0.15, -0.1) is 0 Å². The number of benzene rings is 3. The minimum atomic E-state index is -0.806. The number of hydrogen-bond acceptors (Lipinski definition) is 7. The predicted octanol–water partition coefficient (Wildman–Crippen LogP) is 2.66. The fourth-order valence-electron chi connectivity index (χ4n) is 3.84. The van der Waals surface area contributed by atoms with Gasteiger partial charge in [-0.1, -0.05) is 42.5 Å². The molecule has 0 fully saturated rings. The Morgan fingerprint density at radius 1 is 0.889 bits per heavy atom. The maximum absolute atomic E-state index is 10.9. The second kappa shape index (κ2) is 13.5. The van der Waals surface area contributed by atoms with Gasteiger partial charge in [0, 0.05) is 19.1 Å². The summed E-state index contributed by atoms with van der Waals surface area (Å²) in [7, 11) is 0. The van der Waals surface area contributed by atoms with Crippen LogP contribution in [0, 0.1) is 0 Å². The quantitative estimate of drug-likeness (QED) is 0.271. The van der Waals surface area contributed by atoms with Crippen LogP contribution in [0.1, 0.15) is 24.2 Å². The van der Waals surface area contributed by atoms with Crippen molar-refractivity contribution >= 4 is 5.91 Å². The number of carbonyl (C=O) groups excluding carboxylic acids is 1. The second-order valence-corrected chi connectivity index (χ2v) is 8.79. The van der Waals surface area contributed by atoms with Gasteiger partial charge < -0.3 is 30.5 Å². The largest absolute Gasteiger partial charge is 0.508 e. The molecule has 0 aliphatic carbocycles. The molecule has 0 saturated carbocycles. The summed E-state index contributed by atoms with van der Waals surface area (Å²) in [5, 5.41) is 31.1. The van der Waals surface area contributed by atoms with Crippen LogP contribution in [0.3, 0.4) is 0 Å². The number of aliphatic hydroxyl groups excluding tert-OH is 2. The molecule has 0 aromatic heterocycles. The van der Waals surface area contributed by atoms with E-state index in [9.17, 15) is 20.1 Å². The number of hydrogen-bond donors (Lipinski definition) is 4. The van der Waals surface area contributed by atoms with E-state index >= 15 is 0 Å². The number of aliphatic hydroxyl groups is 2. The number of para-hydroxylation sites is 1. The number of amides is 1. The number of phenols is 1. The van der Waals surface area contributed by atoms with Gasteiger partial charge in [-0.05, 0) is 60.9 Å². The van der Waals surface area contributed by atoms with E-state index in [-0.39, 0.29) is 31.5 Å². The van der Waals surface area contributed by atoms with Gasteiger partial charge in [0.2, 0.25) is 0 Å². The van der Waals surface area contributed by atoms with Crippen LogP contribution in [0.15, 0.2) is 78.9 Å². The molecule has 0 bridgehead atoms. The number of carbonyl (C=O) groups is 1. The minimum Gasteiger partial charge on any atom is -0.508 e. The number of aromatic hydroxyl groups is 1. The summed E-state index contributed by atoms with van der Waals surface area (Å²) in [6.45, 7) is 2.55. The lowest BCUT2D eigenvalue weighted by atomic mass is 10.0. The van der Waals surface area contributed by atoms with Gasteiger partial charge in [-0.2, -0.15) is 0 Å². The van der Waals surface area contributed by atoms with E-state index in [1.165, 1.54) is 12.1 Å². The molecular weight excluding hydrogens is 460 g/mol. The molecule has 8 heteroatoms. The van der Waals surface area contributed by atoms with Crippen LogP contribution in [0.25, 0.3) is 0 Å². The summed E-state index contributed by atoms with van der Waals surface area (Å²) in [5.74, 6) is 0.829. The molecule has 8 nitrogen and oxygen atoms in total. The van der Waals surface area contributed by atoms with Crippen molar-refractivity contribution < 1.29 is 29.6 Å². The Hall–Kier alpha value is -3.59. The zero-order valence-electron chi connectivity index (χ0n) is 20.4. The Labute approximate surface area is 211 Å². The van der Waals surface area contributed by atoms with Crippen LogP contribution in [0.4, 0.5) is 0 Å². The third-order valence-corrected chi connectivity index (χ3v) is 5.78.